The molecule has 0 unspecified atom stereocenters. The van der Waals surface area contributed by atoms with Gasteiger partial charge in [0.15, 0.2) is 0 Å². The van der Waals surface area contributed by atoms with Gasteiger partial charge in [-0.1, -0.05) is 5.16 Å². The predicted molar refractivity (Wildman–Crippen MR) is 127 cm³/mol. The van der Waals surface area contributed by atoms with Crippen LogP contribution >= 0.6 is 11.8 Å². The van der Waals surface area contributed by atoms with E-state index in [2.05, 4.69) is 10.5 Å². The number of phenolic OH excluding ortho intramolecular Hbond substituents is 1. The average Bonchev–Trinajstić information content (AvgIpc) is 3.07. The van der Waals surface area contributed by atoms with Crippen LogP contribution in [-0.2, 0) is 9.84 Å². The zero-order chi connectivity index (χ0) is 25.6. The standard InChI is InChI=1S/C23H24F2N2O5S2/c1-11-9-15(34(30,31)23(5,24)25)7-8-17(11)26-22(29)19-12(2)18(33-6)10-16(21(19)28)20-13(3)27-32-14(20)4/h7-10,28H,1-6H3,(H,26,29). The maximum absolute atomic E-state index is 13.5. The molecule has 0 saturated carbocycles. The molecule has 0 aliphatic heterocycles. The molecule has 2 N–H and O–H groups in total. The number of hydrogen-bond acceptors (Lipinski definition) is 7. The van der Waals surface area contributed by atoms with E-state index in [9.17, 15) is 27.1 Å². The number of phenols is 1. The van der Waals surface area contributed by atoms with Crippen molar-refractivity contribution in [2.45, 2.75) is 49.7 Å². The van der Waals surface area contributed by atoms with Crippen LogP contribution in [0.15, 0.2) is 38.6 Å². The van der Waals surface area contributed by atoms with E-state index < -0.39 is 25.9 Å². The Morgan fingerprint density at radius 3 is 2.32 bits per heavy atom. The van der Waals surface area contributed by atoms with E-state index in [0.29, 0.717) is 35.1 Å². The van der Waals surface area contributed by atoms with Gasteiger partial charge in [-0.15, -0.1) is 11.8 Å². The summed E-state index contributed by atoms with van der Waals surface area (Å²) in [5, 5.41) is 13.7. The Balaban J connectivity index is 2.07. The van der Waals surface area contributed by atoms with E-state index in [4.69, 9.17) is 4.52 Å². The van der Waals surface area contributed by atoms with Crippen LogP contribution < -0.4 is 5.32 Å². The number of nitrogens with zero attached hydrogens (tertiary/aromatic N) is 1. The molecule has 0 saturated heterocycles. The van der Waals surface area contributed by atoms with Gasteiger partial charge in [-0.25, -0.2) is 8.42 Å². The molecule has 0 aliphatic carbocycles. The summed E-state index contributed by atoms with van der Waals surface area (Å²) in [5.41, 5.74) is 2.57. The van der Waals surface area contributed by atoms with E-state index in [1.165, 1.54) is 24.8 Å². The molecular formula is C23H24F2N2O5S2. The van der Waals surface area contributed by atoms with Crippen molar-refractivity contribution in [3.8, 4) is 16.9 Å². The smallest absolute Gasteiger partial charge is 0.347 e. The van der Waals surface area contributed by atoms with Crippen LogP contribution in [0.25, 0.3) is 11.1 Å². The van der Waals surface area contributed by atoms with E-state index in [1.54, 1.807) is 26.8 Å². The van der Waals surface area contributed by atoms with Gasteiger partial charge in [0.2, 0.25) is 9.84 Å². The highest BCUT2D eigenvalue weighted by atomic mass is 32.2. The molecule has 1 aromatic heterocycles. The summed E-state index contributed by atoms with van der Waals surface area (Å²) in [6.07, 6.45) is 1.84. The number of rotatable bonds is 6. The monoisotopic (exact) mass is 510 g/mol. The van der Waals surface area contributed by atoms with Crippen LogP contribution in [0.3, 0.4) is 0 Å². The molecule has 2 aromatic carbocycles. The third-order valence-electron chi connectivity index (χ3n) is 5.49. The number of alkyl halides is 2. The number of hydrogen-bond donors (Lipinski definition) is 2. The molecule has 0 atom stereocenters. The van der Waals surface area contributed by atoms with Gasteiger partial charge in [0.25, 0.3) is 5.91 Å². The van der Waals surface area contributed by atoms with E-state index in [1.807, 2.05) is 6.26 Å². The fourth-order valence-corrected chi connectivity index (χ4v) is 5.26. The molecule has 3 aromatic rings. The predicted octanol–water partition coefficient (Wildman–Crippen LogP) is 5.64. The number of amides is 1. The highest BCUT2D eigenvalue weighted by Gasteiger charge is 2.40. The molecule has 34 heavy (non-hydrogen) atoms. The summed E-state index contributed by atoms with van der Waals surface area (Å²) < 4.78 is 56.3. The van der Waals surface area contributed by atoms with Gasteiger partial charge >= 0.3 is 5.25 Å². The van der Waals surface area contributed by atoms with Crippen LogP contribution in [-0.4, -0.2) is 36.1 Å². The van der Waals surface area contributed by atoms with Crippen LogP contribution in [0.1, 0.15) is 39.9 Å². The maximum atomic E-state index is 13.5. The molecule has 182 valence electrons. The van der Waals surface area contributed by atoms with Crippen LogP contribution in [0.2, 0.25) is 0 Å². The lowest BCUT2D eigenvalue weighted by molar-refractivity contribution is 0.102. The first-order valence-electron chi connectivity index (χ1n) is 10.1. The zero-order valence-corrected chi connectivity index (χ0v) is 21.0. The van der Waals surface area contributed by atoms with Gasteiger partial charge < -0.3 is 14.9 Å². The van der Waals surface area contributed by atoms with Crippen LogP contribution in [0.5, 0.6) is 5.75 Å². The second-order valence-corrected chi connectivity index (χ2v) is 11.0. The van der Waals surface area contributed by atoms with Crippen molar-refractivity contribution < 1.29 is 31.6 Å². The first-order valence-corrected chi connectivity index (χ1v) is 12.8. The number of anilines is 1. The molecule has 0 aliphatic rings. The second kappa shape index (κ2) is 9.03. The highest BCUT2D eigenvalue weighted by molar-refractivity contribution is 7.98. The van der Waals surface area contributed by atoms with E-state index in [0.717, 1.165) is 17.0 Å². The van der Waals surface area contributed by atoms with Gasteiger partial charge in [0.1, 0.15) is 11.5 Å². The largest absolute Gasteiger partial charge is 0.506 e. The minimum absolute atomic E-state index is 0.0260. The lowest BCUT2D eigenvalue weighted by Crippen LogP contribution is -2.25. The molecule has 11 heteroatoms. The first-order chi connectivity index (χ1) is 15.7. The number of aryl methyl sites for hydroxylation is 3. The summed E-state index contributed by atoms with van der Waals surface area (Å²) >= 11 is 1.40. The number of nitrogens with one attached hydrogen (secondary N) is 1. The quantitative estimate of drug-likeness (QED) is 0.413. The SMILES string of the molecule is CSc1cc(-c2c(C)noc2C)c(O)c(C(=O)Nc2ccc(S(=O)(=O)C(C)(F)F)cc2C)c1C. The third kappa shape index (κ3) is 4.41. The van der Waals surface area contributed by atoms with Crippen molar-refractivity contribution in [3.63, 3.8) is 0 Å². The summed E-state index contributed by atoms with van der Waals surface area (Å²) in [6.45, 7) is 6.93. The molecular weight excluding hydrogens is 486 g/mol. The van der Waals surface area contributed by atoms with Gasteiger partial charge in [0.05, 0.1) is 21.7 Å². The number of carbonyl (C=O) groups is 1. The molecule has 0 fully saturated rings. The number of carbonyl (C=O) groups excluding carboxylic acids is 1. The minimum Gasteiger partial charge on any atom is -0.506 e. The van der Waals surface area contributed by atoms with Crippen molar-refractivity contribution in [3.05, 3.63) is 52.4 Å². The Labute approximate surface area is 200 Å². The van der Waals surface area contributed by atoms with Crippen molar-refractivity contribution in [2.75, 3.05) is 11.6 Å². The Kier molecular flexibility index (Phi) is 6.82. The van der Waals surface area contributed by atoms with Crippen molar-refractivity contribution >= 4 is 33.2 Å². The van der Waals surface area contributed by atoms with Crippen LogP contribution in [0.4, 0.5) is 14.5 Å². The molecule has 1 heterocycles. The van der Waals surface area contributed by atoms with Gasteiger partial charge in [-0.2, -0.15) is 8.78 Å². The number of benzene rings is 2. The van der Waals surface area contributed by atoms with Gasteiger partial charge in [-0.05, 0) is 69.3 Å². The fourth-order valence-electron chi connectivity index (χ4n) is 3.63. The average molecular weight is 511 g/mol. The second-order valence-electron chi connectivity index (χ2n) is 7.92. The molecule has 3 rings (SSSR count). The topological polar surface area (TPSA) is 110 Å². The lowest BCUT2D eigenvalue weighted by atomic mass is 9.96. The number of halogens is 2. The minimum atomic E-state index is -4.86. The number of thioether (sulfide) groups is 1. The third-order valence-corrected chi connectivity index (χ3v) is 8.17. The van der Waals surface area contributed by atoms with E-state index >= 15 is 0 Å². The fraction of sp³-hybridized carbons (Fsp3) is 0.304. The lowest BCUT2D eigenvalue weighted by Gasteiger charge is -2.17. The van der Waals surface area contributed by atoms with Gasteiger partial charge in [0, 0.05) is 23.1 Å². The molecule has 7 nitrogen and oxygen atoms in total. The normalized spacial score (nSPS) is 12.1. The first kappa shape index (κ1) is 25.7. The molecule has 1 amide bonds. The van der Waals surface area contributed by atoms with E-state index in [-0.39, 0.29) is 22.6 Å². The summed E-state index contributed by atoms with van der Waals surface area (Å²) in [5.74, 6) is -0.418. The Hall–Kier alpha value is -2.92. The summed E-state index contributed by atoms with van der Waals surface area (Å²) in [6, 6.07) is 5.08. The number of sulfone groups is 1. The van der Waals surface area contributed by atoms with Crippen molar-refractivity contribution in [2.24, 2.45) is 0 Å². The van der Waals surface area contributed by atoms with Crippen LogP contribution in [0, 0.1) is 27.7 Å². The van der Waals surface area contributed by atoms with Crippen molar-refractivity contribution in [1.29, 1.82) is 0 Å². The molecule has 0 radical (unpaired) electrons. The Morgan fingerprint density at radius 1 is 1.18 bits per heavy atom. The Morgan fingerprint density at radius 2 is 1.82 bits per heavy atom. The Bertz CT molecular complexity index is 1370. The number of aromatic nitrogens is 1. The van der Waals surface area contributed by atoms with Gasteiger partial charge in [-0.3, -0.25) is 4.79 Å². The molecule has 0 bridgehead atoms. The summed E-state index contributed by atoms with van der Waals surface area (Å²) in [4.78, 5) is 13.4. The zero-order valence-electron chi connectivity index (χ0n) is 19.4. The highest BCUT2D eigenvalue weighted by Crippen LogP contribution is 2.42. The molecule has 0 spiro atoms. The summed E-state index contributed by atoms with van der Waals surface area (Å²) in [7, 11) is -4.86. The maximum Gasteiger partial charge on any atom is 0.347 e. The van der Waals surface area contributed by atoms with Crippen molar-refractivity contribution in [1.82, 2.24) is 5.16 Å². The number of aromatic hydroxyl groups is 1.